The van der Waals surface area contributed by atoms with E-state index in [0.717, 1.165) is 24.3 Å². The van der Waals surface area contributed by atoms with Crippen LogP contribution in [0.2, 0.25) is 0 Å². The molecule has 16 heavy (non-hydrogen) atoms. The first-order valence-corrected chi connectivity index (χ1v) is 7.44. The molecule has 1 heterocycles. The monoisotopic (exact) mass is 262 g/mol. The molecule has 0 spiro atoms. The number of rotatable bonds is 6. The number of piperazine rings is 1. The molecule has 0 unspecified atom stereocenters. The van der Waals surface area contributed by atoms with Crippen molar-refractivity contribution in [1.29, 1.82) is 0 Å². The van der Waals surface area contributed by atoms with Crippen molar-refractivity contribution in [3.05, 3.63) is 0 Å². The Hall–Kier alpha value is -0.360. The fraction of sp³-hybridized carbons (Fsp3) is 0.800. The Labute approximate surface area is 105 Å². The van der Waals surface area contributed by atoms with E-state index < -0.39 is 0 Å². The maximum Gasteiger partial charge on any atom is 0.253 e. The summed E-state index contributed by atoms with van der Waals surface area (Å²) in [5, 5.41) is 0. The number of carbonyl (C=O) groups excluding carboxylic acids is 2. The normalized spacial score (nSPS) is 17.1. The smallest absolute Gasteiger partial charge is 0.253 e. The molecule has 1 aliphatic heterocycles. The van der Waals surface area contributed by atoms with Crippen LogP contribution in [0.4, 0.5) is 0 Å². The van der Waals surface area contributed by atoms with Gasteiger partial charge in [0.25, 0.3) is 11.8 Å². The summed E-state index contributed by atoms with van der Waals surface area (Å²) in [5.41, 5.74) is 0. The summed E-state index contributed by atoms with van der Waals surface area (Å²) in [5.74, 6) is 1.87. The number of nitrogens with zero attached hydrogens (tertiary/aromatic N) is 2. The Morgan fingerprint density at radius 2 is 1.31 bits per heavy atom. The zero-order valence-electron chi connectivity index (χ0n) is 9.77. The molecule has 4 nitrogen and oxygen atoms in total. The molecule has 2 amide bonds. The Balaban J connectivity index is 2.43. The second-order valence-corrected chi connectivity index (χ2v) is 5.74. The first kappa shape index (κ1) is 13.7. The molecule has 1 aliphatic rings. The standard InChI is InChI=1S/C10H18N2O2S2/c1-3-5-15-11-7-10(14)12(8-9(11)13)16-6-4-2/h3-8H2,1-2H3. The van der Waals surface area contributed by atoms with Crippen LogP contribution in [-0.4, -0.2) is 45.0 Å². The lowest BCUT2D eigenvalue weighted by Crippen LogP contribution is -2.48. The molecular formula is C10H18N2O2S2. The minimum atomic E-state index is 0.0432. The van der Waals surface area contributed by atoms with Gasteiger partial charge in [-0.3, -0.25) is 18.2 Å². The fourth-order valence-corrected chi connectivity index (χ4v) is 2.83. The van der Waals surface area contributed by atoms with Crippen molar-refractivity contribution in [2.45, 2.75) is 26.7 Å². The second kappa shape index (κ2) is 7.06. The van der Waals surface area contributed by atoms with Crippen molar-refractivity contribution in [3.63, 3.8) is 0 Å². The summed E-state index contributed by atoms with van der Waals surface area (Å²) in [6.45, 7) is 4.57. The van der Waals surface area contributed by atoms with Gasteiger partial charge in [0.15, 0.2) is 0 Å². The summed E-state index contributed by atoms with van der Waals surface area (Å²) in [7, 11) is 0. The molecule has 1 saturated heterocycles. The highest BCUT2D eigenvalue weighted by molar-refractivity contribution is 7.98. The highest BCUT2D eigenvalue weighted by Gasteiger charge is 2.30. The van der Waals surface area contributed by atoms with Gasteiger partial charge in [0.05, 0.1) is 0 Å². The summed E-state index contributed by atoms with van der Waals surface area (Å²) in [4.78, 5) is 23.4. The van der Waals surface area contributed by atoms with Crippen LogP contribution in [0.5, 0.6) is 0 Å². The first-order chi connectivity index (χ1) is 7.69. The van der Waals surface area contributed by atoms with E-state index >= 15 is 0 Å². The quantitative estimate of drug-likeness (QED) is 0.684. The van der Waals surface area contributed by atoms with Gasteiger partial charge in [-0.2, -0.15) is 0 Å². The van der Waals surface area contributed by atoms with Gasteiger partial charge in [0.1, 0.15) is 13.1 Å². The van der Waals surface area contributed by atoms with Gasteiger partial charge in [-0.15, -0.1) is 0 Å². The van der Waals surface area contributed by atoms with Crippen LogP contribution in [0, 0.1) is 0 Å². The van der Waals surface area contributed by atoms with Crippen LogP contribution in [0.1, 0.15) is 26.7 Å². The molecule has 0 bridgehead atoms. The highest BCUT2D eigenvalue weighted by atomic mass is 32.2. The lowest BCUT2D eigenvalue weighted by atomic mass is 10.4. The van der Waals surface area contributed by atoms with Gasteiger partial charge in [-0.25, -0.2) is 0 Å². The average molecular weight is 262 g/mol. The molecular weight excluding hydrogens is 244 g/mol. The number of hydrogen-bond donors (Lipinski definition) is 0. The summed E-state index contributed by atoms with van der Waals surface area (Å²) in [6, 6.07) is 0. The van der Waals surface area contributed by atoms with E-state index in [1.165, 1.54) is 23.9 Å². The Morgan fingerprint density at radius 3 is 1.62 bits per heavy atom. The van der Waals surface area contributed by atoms with E-state index in [1.807, 2.05) is 0 Å². The zero-order chi connectivity index (χ0) is 12.0. The molecule has 92 valence electrons. The van der Waals surface area contributed by atoms with Crippen molar-refractivity contribution in [1.82, 2.24) is 8.61 Å². The lowest BCUT2D eigenvalue weighted by Gasteiger charge is -2.31. The van der Waals surface area contributed by atoms with Crippen LogP contribution < -0.4 is 0 Å². The third kappa shape index (κ3) is 3.90. The molecule has 6 heteroatoms. The third-order valence-corrected chi connectivity index (χ3v) is 4.49. The van der Waals surface area contributed by atoms with Gasteiger partial charge >= 0.3 is 0 Å². The predicted octanol–water partition coefficient (Wildman–Crippen LogP) is 1.77. The number of amides is 2. The highest BCUT2D eigenvalue weighted by Crippen LogP contribution is 2.21. The molecule has 0 aromatic carbocycles. The van der Waals surface area contributed by atoms with E-state index in [1.54, 1.807) is 8.61 Å². The van der Waals surface area contributed by atoms with E-state index in [9.17, 15) is 9.59 Å². The van der Waals surface area contributed by atoms with Gasteiger partial charge < -0.3 is 0 Å². The van der Waals surface area contributed by atoms with Gasteiger partial charge in [0, 0.05) is 11.5 Å². The van der Waals surface area contributed by atoms with E-state index in [4.69, 9.17) is 0 Å². The van der Waals surface area contributed by atoms with Crippen LogP contribution in [0.15, 0.2) is 0 Å². The number of hydrogen-bond acceptors (Lipinski definition) is 4. The maximum atomic E-state index is 11.7. The largest absolute Gasteiger partial charge is 0.275 e. The molecule has 1 fully saturated rings. The molecule has 0 N–H and O–H groups in total. The first-order valence-electron chi connectivity index (χ1n) is 5.55. The minimum absolute atomic E-state index is 0.0432. The molecule has 0 atom stereocenters. The van der Waals surface area contributed by atoms with Crippen molar-refractivity contribution in [2.75, 3.05) is 24.6 Å². The Bertz CT molecular complexity index is 235. The molecule has 0 aromatic rings. The van der Waals surface area contributed by atoms with Crippen molar-refractivity contribution in [3.8, 4) is 0 Å². The fourth-order valence-electron chi connectivity index (χ4n) is 1.22. The van der Waals surface area contributed by atoms with Crippen LogP contribution in [0.3, 0.4) is 0 Å². The second-order valence-electron chi connectivity index (χ2n) is 3.53. The Morgan fingerprint density at radius 1 is 0.938 bits per heavy atom. The summed E-state index contributed by atoms with van der Waals surface area (Å²) in [6.07, 6.45) is 2.02. The topological polar surface area (TPSA) is 40.6 Å². The molecule has 0 aliphatic carbocycles. The lowest BCUT2D eigenvalue weighted by molar-refractivity contribution is -0.140. The van der Waals surface area contributed by atoms with Crippen LogP contribution >= 0.6 is 23.9 Å². The SMILES string of the molecule is CCCSN1CC(=O)N(SCCC)CC1=O. The van der Waals surface area contributed by atoms with E-state index in [-0.39, 0.29) is 24.9 Å². The molecule has 0 saturated carbocycles. The van der Waals surface area contributed by atoms with Crippen molar-refractivity contribution in [2.24, 2.45) is 0 Å². The van der Waals surface area contributed by atoms with Gasteiger partial charge in [-0.1, -0.05) is 13.8 Å². The van der Waals surface area contributed by atoms with E-state index in [0.29, 0.717) is 0 Å². The molecule has 0 radical (unpaired) electrons. The molecule has 1 rings (SSSR count). The zero-order valence-corrected chi connectivity index (χ0v) is 11.4. The third-order valence-electron chi connectivity index (χ3n) is 2.02. The number of carbonyl (C=O) groups is 2. The summed E-state index contributed by atoms with van der Waals surface area (Å²) >= 11 is 2.92. The van der Waals surface area contributed by atoms with E-state index in [2.05, 4.69) is 13.8 Å². The van der Waals surface area contributed by atoms with Gasteiger partial charge in [-0.05, 0) is 36.7 Å². The maximum absolute atomic E-state index is 11.7. The van der Waals surface area contributed by atoms with Crippen LogP contribution in [-0.2, 0) is 9.59 Å². The summed E-state index contributed by atoms with van der Waals surface area (Å²) < 4.78 is 3.18. The van der Waals surface area contributed by atoms with Crippen molar-refractivity contribution >= 4 is 35.7 Å². The van der Waals surface area contributed by atoms with Crippen LogP contribution in [0.25, 0.3) is 0 Å². The predicted molar refractivity (Wildman–Crippen MR) is 68.9 cm³/mol. The molecule has 0 aromatic heterocycles. The van der Waals surface area contributed by atoms with Gasteiger partial charge in [0.2, 0.25) is 0 Å². The Kier molecular flexibility index (Phi) is 6.05. The minimum Gasteiger partial charge on any atom is -0.275 e. The average Bonchev–Trinajstić information content (AvgIpc) is 2.28. The van der Waals surface area contributed by atoms with Crippen molar-refractivity contribution < 1.29 is 9.59 Å².